The van der Waals surface area contributed by atoms with Crippen molar-refractivity contribution in [2.45, 2.75) is 13.5 Å². The SMILES string of the molecule is COC(=O)c1scc(C)c1NC(=O)C[N+]1(CC(=O)NCc2ccccc2)CCSCC1. The zero-order valence-electron chi connectivity index (χ0n) is 17.8. The van der Waals surface area contributed by atoms with Crippen LogP contribution < -0.4 is 10.6 Å². The quantitative estimate of drug-likeness (QED) is 0.465. The van der Waals surface area contributed by atoms with Crippen molar-refractivity contribution in [3.8, 4) is 0 Å². The van der Waals surface area contributed by atoms with Gasteiger partial charge < -0.3 is 19.9 Å². The summed E-state index contributed by atoms with van der Waals surface area (Å²) in [5.74, 6) is 1.08. The molecule has 1 saturated heterocycles. The number of nitrogens with one attached hydrogen (secondary N) is 2. The number of carbonyl (C=O) groups is 3. The number of anilines is 1. The minimum absolute atomic E-state index is 0.0643. The number of methoxy groups -OCH3 is 1. The Labute approximate surface area is 190 Å². The second kappa shape index (κ2) is 10.8. The molecule has 0 aliphatic carbocycles. The molecule has 0 unspecified atom stereocenters. The standard InChI is InChI=1S/C22H27N3O4S2/c1-16-15-31-21(22(28)29-2)20(16)24-19(27)14-25(8-10-30-11-9-25)13-18(26)23-12-17-6-4-3-5-7-17/h3-7,15H,8-14H2,1-2H3,(H-,23,24,26,27,28)/p+1. The number of carbonyl (C=O) groups excluding carboxylic acids is 3. The molecule has 1 fully saturated rings. The highest BCUT2D eigenvalue weighted by Crippen LogP contribution is 2.28. The molecule has 166 valence electrons. The van der Waals surface area contributed by atoms with Gasteiger partial charge in [-0.2, -0.15) is 11.8 Å². The van der Waals surface area contributed by atoms with Gasteiger partial charge in [-0.15, -0.1) is 11.3 Å². The van der Waals surface area contributed by atoms with Crippen molar-refractivity contribution >= 4 is 46.6 Å². The smallest absolute Gasteiger partial charge is 0.350 e. The van der Waals surface area contributed by atoms with Crippen molar-refractivity contribution in [3.05, 3.63) is 51.7 Å². The first-order valence-corrected chi connectivity index (χ1v) is 12.2. The Kier molecular flexibility index (Phi) is 8.11. The van der Waals surface area contributed by atoms with Crippen LogP contribution in [0.4, 0.5) is 5.69 Å². The zero-order valence-corrected chi connectivity index (χ0v) is 19.4. The number of thiophene rings is 1. The first kappa shape index (κ1) is 23.3. The Hall–Kier alpha value is -2.36. The molecule has 1 aromatic carbocycles. The summed E-state index contributed by atoms with van der Waals surface area (Å²) in [6, 6.07) is 9.76. The van der Waals surface area contributed by atoms with E-state index in [1.165, 1.54) is 18.4 Å². The highest BCUT2D eigenvalue weighted by Gasteiger charge is 2.35. The fourth-order valence-corrected chi connectivity index (χ4v) is 5.74. The first-order valence-electron chi connectivity index (χ1n) is 10.1. The molecule has 1 aromatic heterocycles. The van der Waals surface area contributed by atoms with E-state index in [0.717, 1.165) is 35.7 Å². The molecule has 2 amide bonds. The molecule has 2 aromatic rings. The molecule has 9 heteroatoms. The minimum Gasteiger partial charge on any atom is -0.465 e. The van der Waals surface area contributed by atoms with Crippen LogP contribution in [0.15, 0.2) is 35.7 Å². The van der Waals surface area contributed by atoms with Crippen LogP contribution >= 0.6 is 23.1 Å². The van der Waals surface area contributed by atoms with E-state index in [2.05, 4.69) is 10.6 Å². The predicted octanol–water partition coefficient (Wildman–Crippen LogP) is 2.66. The van der Waals surface area contributed by atoms with E-state index < -0.39 is 5.97 Å². The van der Waals surface area contributed by atoms with Gasteiger partial charge in [-0.1, -0.05) is 30.3 Å². The molecule has 0 bridgehead atoms. The lowest BCUT2D eigenvalue weighted by atomic mass is 10.2. The monoisotopic (exact) mass is 462 g/mol. The van der Waals surface area contributed by atoms with E-state index in [-0.39, 0.29) is 24.9 Å². The third-order valence-corrected chi connectivity index (χ3v) is 7.34. The number of aryl methyl sites for hydroxylation is 1. The number of amides is 2. The van der Waals surface area contributed by atoms with Gasteiger partial charge in [0.15, 0.2) is 13.1 Å². The third kappa shape index (κ3) is 6.32. The molecule has 0 radical (unpaired) electrons. The highest BCUT2D eigenvalue weighted by atomic mass is 32.2. The lowest BCUT2D eigenvalue weighted by Crippen LogP contribution is -2.60. The number of esters is 1. The molecule has 0 spiro atoms. The van der Waals surface area contributed by atoms with Crippen molar-refractivity contribution in [1.82, 2.24) is 5.32 Å². The Morgan fingerprint density at radius 1 is 1.06 bits per heavy atom. The second-order valence-corrected chi connectivity index (χ2v) is 9.75. The topological polar surface area (TPSA) is 84.5 Å². The Bertz CT molecular complexity index is 924. The van der Waals surface area contributed by atoms with Gasteiger partial charge in [0.05, 0.1) is 25.9 Å². The van der Waals surface area contributed by atoms with E-state index in [9.17, 15) is 14.4 Å². The van der Waals surface area contributed by atoms with Gasteiger partial charge in [-0.05, 0) is 23.4 Å². The summed E-state index contributed by atoms with van der Waals surface area (Å²) >= 11 is 3.09. The van der Waals surface area contributed by atoms with E-state index in [0.29, 0.717) is 21.6 Å². The minimum atomic E-state index is -0.466. The number of hydrogen-bond acceptors (Lipinski definition) is 6. The van der Waals surface area contributed by atoms with Crippen molar-refractivity contribution in [1.29, 1.82) is 0 Å². The van der Waals surface area contributed by atoms with Crippen LogP contribution in [0.25, 0.3) is 0 Å². The van der Waals surface area contributed by atoms with Crippen LogP contribution in [0, 0.1) is 6.92 Å². The fraction of sp³-hybridized carbons (Fsp3) is 0.409. The number of quaternary nitrogens is 1. The van der Waals surface area contributed by atoms with Crippen molar-refractivity contribution in [3.63, 3.8) is 0 Å². The maximum atomic E-state index is 12.9. The van der Waals surface area contributed by atoms with Crippen LogP contribution in [0.2, 0.25) is 0 Å². The molecule has 0 atom stereocenters. The van der Waals surface area contributed by atoms with Crippen molar-refractivity contribution in [2.24, 2.45) is 0 Å². The van der Waals surface area contributed by atoms with Crippen molar-refractivity contribution in [2.75, 3.05) is 50.1 Å². The Balaban J connectivity index is 1.65. The summed E-state index contributed by atoms with van der Waals surface area (Å²) in [4.78, 5) is 38.0. The normalized spacial score (nSPS) is 15.2. The predicted molar refractivity (Wildman–Crippen MR) is 124 cm³/mol. The number of hydrogen-bond donors (Lipinski definition) is 2. The number of benzene rings is 1. The van der Waals surface area contributed by atoms with Crippen LogP contribution in [-0.2, 0) is 20.9 Å². The maximum absolute atomic E-state index is 12.9. The third-order valence-electron chi connectivity index (χ3n) is 5.32. The number of thioether (sulfide) groups is 1. The number of nitrogens with zero attached hydrogens (tertiary/aromatic N) is 1. The Morgan fingerprint density at radius 3 is 2.42 bits per heavy atom. The molecule has 31 heavy (non-hydrogen) atoms. The Morgan fingerprint density at radius 2 is 1.74 bits per heavy atom. The second-order valence-electron chi connectivity index (χ2n) is 7.64. The van der Waals surface area contributed by atoms with Gasteiger partial charge in [0.25, 0.3) is 11.8 Å². The van der Waals surface area contributed by atoms with Gasteiger partial charge in [0.1, 0.15) is 4.88 Å². The van der Waals surface area contributed by atoms with E-state index in [1.807, 2.05) is 54.4 Å². The van der Waals surface area contributed by atoms with Gasteiger partial charge in [-0.25, -0.2) is 4.79 Å². The van der Waals surface area contributed by atoms with Gasteiger partial charge in [-0.3, -0.25) is 9.59 Å². The summed E-state index contributed by atoms with van der Waals surface area (Å²) in [6.45, 7) is 4.27. The average Bonchev–Trinajstić information content (AvgIpc) is 3.13. The molecule has 3 rings (SSSR count). The molecule has 1 aliphatic heterocycles. The average molecular weight is 463 g/mol. The molecular formula is C22H28N3O4S2+. The zero-order chi connectivity index (χ0) is 22.3. The van der Waals surface area contributed by atoms with Crippen LogP contribution in [0.3, 0.4) is 0 Å². The largest absolute Gasteiger partial charge is 0.465 e. The first-order chi connectivity index (χ1) is 14.9. The summed E-state index contributed by atoms with van der Waals surface area (Å²) in [5, 5.41) is 7.69. The van der Waals surface area contributed by atoms with E-state index >= 15 is 0 Å². The number of ether oxygens (including phenoxy) is 1. The van der Waals surface area contributed by atoms with Crippen LogP contribution in [-0.4, -0.2) is 67.1 Å². The summed E-state index contributed by atoms with van der Waals surface area (Å²) in [7, 11) is 1.32. The van der Waals surface area contributed by atoms with Gasteiger partial charge >= 0.3 is 5.97 Å². The van der Waals surface area contributed by atoms with E-state index in [1.54, 1.807) is 0 Å². The highest BCUT2D eigenvalue weighted by molar-refractivity contribution is 7.99. The van der Waals surface area contributed by atoms with Gasteiger partial charge in [0, 0.05) is 18.1 Å². The molecule has 2 heterocycles. The molecule has 2 N–H and O–H groups in total. The summed E-state index contributed by atoms with van der Waals surface area (Å²) in [5.41, 5.74) is 2.36. The lowest BCUT2D eigenvalue weighted by Gasteiger charge is -2.40. The molecule has 7 nitrogen and oxygen atoms in total. The molecular weight excluding hydrogens is 434 g/mol. The summed E-state index contributed by atoms with van der Waals surface area (Å²) in [6.07, 6.45) is 0. The fourth-order valence-electron chi connectivity index (χ4n) is 3.59. The van der Waals surface area contributed by atoms with Crippen molar-refractivity contribution < 1.29 is 23.6 Å². The van der Waals surface area contributed by atoms with Crippen LogP contribution in [0.1, 0.15) is 20.8 Å². The van der Waals surface area contributed by atoms with Gasteiger partial charge in [0.2, 0.25) is 0 Å². The lowest BCUT2D eigenvalue weighted by molar-refractivity contribution is -0.909. The number of rotatable bonds is 8. The van der Waals surface area contributed by atoms with Crippen LogP contribution in [0.5, 0.6) is 0 Å². The van der Waals surface area contributed by atoms with E-state index in [4.69, 9.17) is 4.74 Å². The molecule has 0 saturated carbocycles. The molecule has 1 aliphatic rings. The maximum Gasteiger partial charge on any atom is 0.350 e. The summed E-state index contributed by atoms with van der Waals surface area (Å²) < 4.78 is 5.23.